The Morgan fingerprint density at radius 3 is 2.57 bits per heavy atom. The highest BCUT2D eigenvalue weighted by molar-refractivity contribution is 5.25. The number of hydrogen-bond donors (Lipinski definition) is 2. The molecule has 4 heteroatoms. The molecule has 2 N–H and O–H groups in total. The first-order chi connectivity index (χ1) is 6.56. The van der Waals surface area contributed by atoms with Gasteiger partial charge in [0.25, 0.3) is 5.56 Å². The summed E-state index contributed by atoms with van der Waals surface area (Å²) >= 11 is 0. The lowest BCUT2D eigenvalue weighted by Gasteiger charge is -2.07. The Morgan fingerprint density at radius 1 is 1.50 bits per heavy atom. The SMILES string of the molecule is CCCc1nc(O)c(C(C)C)c(=O)[nH]1. The maximum Gasteiger partial charge on any atom is 0.258 e. The van der Waals surface area contributed by atoms with Crippen molar-refractivity contribution in [2.45, 2.75) is 39.5 Å². The molecule has 14 heavy (non-hydrogen) atoms. The van der Waals surface area contributed by atoms with Gasteiger partial charge in [0, 0.05) is 6.42 Å². The maximum absolute atomic E-state index is 11.5. The lowest BCUT2D eigenvalue weighted by atomic mass is 10.1. The van der Waals surface area contributed by atoms with Crippen molar-refractivity contribution in [2.75, 3.05) is 0 Å². The Balaban J connectivity index is 3.19. The summed E-state index contributed by atoms with van der Waals surface area (Å²) < 4.78 is 0. The molecule has 1 heterocycles. The molecule has 0 spiro atoms. The topological polar surface area (TPSA) is 66.0 Å². The second-order valence-corrected chi connectivity index (χ2v) is 3.65. The normalized spacial score (nSPS) is 10.9. The van der Waals surface area contributed by atoms with E-state index in [4.69, 9.17) is 0 Å². The first-order valence-corrected chi connectivity index (χ1v) is 4.88. The fourth-order valence-corrected chi connectivity index (χ4v) is 1.39. The van der Waals surface area contributed by atoms with Crippen LogP contribution in [-0.2, 0) is 6.42 Å². The van der Waals surface area contributed by atoms with Crippen molar-refractivity contribution in [3.05, 3.63) is 21.7 Å². The van der Waals surface area contributed by atoms with Crippen LogP contribution in [0.4, 0.5) is 0 Å². The summed E-state index contributed by atoms with van der Waals surface area (Å²) in [5.74, 6) is 0.411. The summed E-state index contributed by atoms with van der Waals surface area (Å²) in [4.78, 5) is 18.1. The first kappa shape index (κ1) is 10.8. The van der Waals surface area contributed by atoms with Gasteiger partial charge in [-0.2, -0.15) is 0 Å². The second kappa shape index (κ2) is 4.26. The van der Waals surface area contributed by atoms with Crippen LogP contribution in [0.3, 0.4) is 0 Å². The zero-order valence-electron chi connectivity index (χ0n) is 8.79. The Hall–Kier alpha value is -1.32. The minimum absolute atomic E-state index is 0.0121. The van der Waals surface area contributed by atoms with Crippen LogP contribution in [0.25, 0.3) is 0 Å². The summed E-state index contributed by atoms with van der Waals surface area (Å²) in [7, 11) is 0. The molecule has 1 rings (SSSR count). The molecule has 0 radical (unpaired) electrons. The summed E-state index contributed by atoms with van der Waals surface area (Å²) in [6.07, 6.45) is 1.57. The Morgan fingerprint density at radius 2 is 2.14 bits per heavy atom. The molecule has 0 bridgehead atoms. The van der Waals surface area contributed by atoms with Crippen LogP contribution in [0.15, 0.2) is 4.79 Å². The van der Waals surface area contributed by atoms with Crippen LogP contribution < -0.4 is 5.56 Å². The van der Waals surface area contributed by atoms with E-state index in [0.717, 1.165) is 6.42 Å². The number of rotatable bonds is 3. The van der Waals surface area contributed by atoms with Gasteiger partial charge in [-0.25, -0.2) is 4.98 Å². The van der Waals surface area contributed by atoms with Gasteiger partial charge in [0.1, 0.15) is 5.82 Å². The minimum Gasteiger partial charge on any atom is -0.493 e. The fraction of sp³-hybridized carbons (Fsp3) is 0.600. The summed E-state index contributed by atoms with van der Waals surface area (Å²) in [5.41, 5.74) is 0.140. The van der Waals surface area contributed by atoms with Gasteiger partial charge >= 0.3 is 0 Å². The predicted octanol–water partition coefficient (Wildman–Crippen LogP) is 1.55. The lowest BCUT2D eigenvalue weighted by molar-refractivity contribution is 0.435. The van der Waals surface area contributed by atoms with Crippen LogP contribution in [-0.4, -0.2) is 15.1 Å². The molecular weight excluding hydrogens is 180 g/mol. The zero-order chi connectivity index (χ0) is 10.7. The van der Waals surface area contributed by atoms with Gasteiger partial charge in [-0.05, 0) is 12.3 Å². The van der Waals surface area contributed by atoms with E-state index in [9.17, 15) is 9.90 Å². The van der Waals surface area contributed by atoms with Crippen LogP contribution in [0.1, 0.15) is 44.5 Å². The molecule has 0 unspecified atom stereocenters. The lowest BCUT2D eigenvalue weighted by Crippen LogP contribution is -2.17. The van der Waals surface area contributed by atoms with Crippen LogP contribution in [0.5, 0.6) is 5.88 Å². The molecule has 0 aliphatic heterocycles. The van der Waals surface area contributed by atoms with E-state index in [1.54, 1.807) is 0 Å². The molecule has 0 aromatic carbocycles. The number of hydrogen-bond acceptors (Lipinski definition) is 3. The van der Waals surface area contributed by atoms with Gasteiger partial charge in [0.2, 0.25) is 5.88 Å². The van der Waals surface area contributed by atoms with Gasteiger partial charge in [0.15, 0.2) is 0 Å². The van der Waals surface area contributed by atoms with Crippen molar-refractivity contribution in [1.82, 2.24) is 9.97 Å². The summed E-state index contributed by atoms with van der Waals surface area (Å²) in [5, 5.41) is 9.54. The third-order valence-corrected chi connectivity index (χ3v) is 2.05. The molecule has 1 aromatic rings. The van der Waals surface area contributed by atoms with E-state index < -0.39 is 0 Å². The highest BCUT2D eigenvalue weighted by atomic mass is 16.3. The van der Waals surface area contributed by atoms with Gasteiger partial charge in [-0.1, -0.05) is 20.8 Å². The Labute approximate surface area is 83.0 Å². The predicted molar refractivity (Wildman–Crippen MR) is 54.6 cm³/mol. The van der Waals surface area contributed by atoms with E-state index in [1.165, 1.54) is 0 Å². The molecule has 0 saturated heterocycles. The summed E-state index contributed by atoms with van der Waals surface area (Å²) in [6, 6.07) is 0. The average molecular weight is 196 g/mol. The second-order valence-electron chi connectivity index (χ2n) is 3.65. The van der Waals surface area contributed by atoms with Gasteiger partial charge < -0.3 is 10.1 Å². The highest BCUT2D eigenvalue weighted by Gasteiger charge is 2.13. The van der Waals surface area contributed by atoms with Crippen molar-refractivity contribution in [2.24, 2.45) is 0 Å². The summed E-state index contributed by atoms with van der Waals surface area (Å²) in [6.45, 7) is 5.70. The minimum atomic E-state index is -0.226. The van der Waals surface area contributed by atoms with E-state index in [2.05, 4.69) is 9.97 Å². The van der Waals surface area contributed by atoms with Crippen molar-refractivity contribution in [3.8, 4) is 5.88 Å². The van der Waals surface area contributed by atoms with E-state index in [-0.39, 0.29) is 17.4 Å². The van der Waals surface area contributed by atoms with Crippen molar-refractivity contribution in [3.63, 3.8) is 0 Å². The smallest absolute Gasteiger partial charge is 0.258 e. The third kappa shape index (κ3) is 2.13. The van der Waals surface area contributed by atoms with Crippen LogP contribution in [0, 0.1) is 0 Å². The van der Waals surface area contributed by atoms with E-state index >= 15 is 0 Å². The number of nitrogens with zero attached hydrogens (tertiary/aromatic N) is 1. The van der Waals surface area contributed by atoms with Crippen LogP contribution in [0.2, 0.25) is 0 Å². The number of H-pyrrole nitrogens is 1. The molecule has 0 aliphatic carbocycles. The molecule has 0 atom stereocenters. The Kier molecular flexibility index (Phi) is 3.28. The van der Waals surface area contributed by atoms with Crippen molar-refractivity contribution < 1.29 is 5.11 Å². The molecule has 0 amide bonds. The van der Waals surface area contributed by atoms with Gasteiger partial charge in [0.05, 0.1) is 5.56 Å². The maximum atomic E-state index is 11.5. The van der Waals surface area contributed by atoms with Gasteiger partial charge in [-0.3, -0.25) is 4.79 Å². The highest BCUT2D eigenvalue weighted by Crippen LogP contribution is 2.18. The zero-order valence-corrected chi connectivity index (χ0v) is 8.79. The third-order valence-electron chi connectivity index (χ3n) is 2.05. The molecule has 1 aromatic heterocycles. The molecule has 78 valence electrons. The monoisotopic (exact) mass is 196 g/mol. The number of aryl methyl sites for hydroxylation is 1. The van der Waals surface area contributed by atoms with Crippen LogP contribution >= 0.6 is 0 Å². The molecular formula is C10H16N2O2. The molecule has 4 nitrogen and oxygen atoms in total. The van der Waals surface area contributed by atoms with Crippen molar-refractivity contribution >= 4 is 0 Å². The van der Waals surface area contributed by atoms with Crippen molar-refractivity contribution in [1.29, 1.82) is 0 Å². The molecule has 0 saturated carbocycles. The van der Waals surface area contributed by atoms with E-state index in [1.807, 2.05) is 20.8 Å². The Bertz CT molecular complexity index is 369. The standard InChI is InChI=1S/C10H16N2O2/c1-4-5-7-11-9(13)8(6(2)3)10(14)12-7/h6H,4-5H2,1-3H3,(H2,11,12,13,14). The number of nitrogens with one attached hydrogen (secondary N) is 1. The number of aromatic hydroxyl groups is 1. The van der Waals surface area contributed by atoms with Gasteiger partial charge in [-0.15, -0.1) is 0 Å². The number of aromatic nitrogens is 2. The number of aromatic amines is 1. The molecule has 0 aliphatic rings. The fourth-order valence-electron chi connectivity index (χ4n) is 1.39. The largest absolute Gasteiger partial charge is 0.493 e. The average Bonchev–Trinajstić information content (AvgIpc) is 2.01. The molecule has 0 fully saturated rings. The first-order valence-electron chi connectivity index (χ1n) is 4.88. The van der Waals surface area contributed by atoms with E-state index in [0.29, 0.717) is 17.8 Å². The quantitative estimate of drug-likeness (QED) is 0.770.